The maximum Gasteiger partial charge on any atom is 0.471 e. The SMILES string of the molecule is C=CC(=O)N1CC(C)N(c2nc(=O)n(-c3c(C(C)C)ccnc3C(C)C)c3nc(-c4ccccc4F)c(Cl)cc23)CC1C.C=CC(=O)N1CC(C)N(c2nc(=O)n(-c3c(C)ccnc3C(C)C)c3nc(-c4ccccc4NC(=O)C(F)(F)F)c(Cl)cc23)CC1C.C=CC(=O)N1CC(C)N(c2nc(=O)n(-c3c(C)ccnc3C(C)C)c3nc(-c4ccccc4NC(=O)C4CC4)c(Cl)cc23)CC1C. The molecule has 136 heavy (non-hydrogen) atoms. The van der Waals surface area contributed by atoms with Gasteiger partial charge in [0, 0.05) is 117 Å². The van der Waals surface area contributed by atoms with Crippen LogP contribution in [0.1, 0.15) is 167 Å². The summed E-state index contributed by atoms with van der Waals surface area (Å²) in [5.74, 6) is -2.03. The van der Waals surface area contributed by atoms with Crippen LogP contribution in [-0.2, 0) is 24.0 Å². The average molecular weight is 1910 g/mol. The van der Waals surface area contributed by atoms with Crippen molar-refractivity contribution in [2.24, 2.45) is 5.92 Å². The molecule has 12 aromatic rings. The largest absolute Gasteiger partial charge is 0.471 e. The molecule has 708 valence electrons. The van der Waals surface area contributed by atoms with Crippen LogP contribution in [0.4, 0.5) is 46.4 Å². The van der Waals surface area contributed by atoms with Crippen LogP contribution in [-0.4, -0.2) is 184 Å². The van der Waals surface area contributed by atoms with Crippen molar-refractivity contribution in [3.05, 3.63) is 252 Å². The number of pyridine rings is 6. The minimum absolute atomic E-state index is 0.00925. The second-order valence-electron chi connectivity index (χ2n) is 36.1. The Morgan fingerprint density at radius 2 is 0.750 bits per heavy atom. The smallest absolute Gasteiger partial charge is 0.349 e. The molecule has 6 unspecified atom stereocenters. The first-order valence-corrected chi connectivity index (χ1v) is 46.2. The summed E-state index contributed by atoms with van der Waals surface area (Å²) in [6, 6.07) is 29.0. The molecular formula is C101H107Cl3F4N20O8. The standard InChI is InChI=1S/C35H38ClN7O3.C33H33ClF3N7O3.C33H36ClFN6O2/c1-7-28(44)41-17-22(6)42(18-21(41)5)32-25-16-26(36)30(24-10-8-9-11-27(24)38-34(45)23-12-13-23)39-33(25)43(35(46)40-32)31-20(4)14-15-37-29(31)19(2)3;1-7-25(45)42-15-20(6)43(16-19(42)5)29-22-14-23(34)27(21-10-8-9-11-24(21)39-31(46)33(35,36)37)40-30(22)44(32(47)41-29)28-18(4)12-13-38-26(28)17(2)3;1-8-27(42)39-16-21(7)40(17-20(39)6)31-24-15-25(34)29(23-11-9-10-12-26(23)35)37-32(24)41(33(43)38-31)30-22(18(2)3)13-14-36-28(30)19(4)5/h7-11,14-16,19,21-23H,1,12-13,17-18H2,2-6H3,(H,38,45);7-14,17,19-20H,1,15-16H2,2-6H3,(H,39,46);8-15,18-21H,1,16-17H2,2-7H3. The molecule has 35 heteroatoms. The zero-order chi connectivity index (χ0) is 98.4. The molecule has 4 aliphatic rings. The molecule has 5 amide bonds. The maximum atomic E-state index is 15.1. The van der Waals surface area contributed by atoms with Crippen LogP contribution in [0, 0.1) is 25.6 Å². The number of hydrogen-bond donors (Lipinski definition) is 2. The molecule has 4 fully saturated rings. The molecule has 0 bridgehead atoms. The number of aromatic nitrogens is 12. The Hall–Kier alpha value is -13.5. The molecule has 12 heterocycles. The Morgan fingerprint density at radius 1 is 0.426 bits per heavy atom. The number of para-hydroxylation sites is 2. The van der Waals surface area contributed by atoms with Crippen molar-refractivity contribution in [3.63, 3.8) is 0 Å². The molecule has 9 aromatic heterocycles. The number of hydrogen-bond acceptors (Lipinski definition) is 20. The monoisotopic (exact) mass is 1910 g/mol. The predicted octanol–water partition coefficient (Wildman–Crippen LogP) is 18.4. The number of alkyl halides is 3. The van der Waals surface area contributed by atoms with Crippen molar-refractivity contribution >= 4 is 126 Å². The summed E-state index contributed by atoms with van der Waals surface area (Å²) in [4.78, 5) is 159. The van der Waals surface area contributed by atoms with Crippen molar-refractivity contribution in [1.29, 1.82) is 0 Å². The van der Waals surface area contributed by atoms with E-state index in [1.165, 1.54) is 56.2 Å². The van der Waals surface area contributed by atoms with Gasteiger partial charge in [-0.2, -0.15) is 28.1 Å². The van der Waals surface area contributed by atoms with Gasteiger partial charge in [-0.1, -0.05) is 158 Å². The number of fused-ring (bicyclic) bond motifs is 3. The highest BCUT2D eigenvalue weighted by Gasteiger charge is 2.42. The average Bonchev–Trinajstić information content (AvgIpc) is 1.44. The minimum atomic E-state index is -5.13. The van der Waals surface area contributed by atoms with E-state index in [9.17, 15) is 51.5 Å². The number of nitrogens with zero attached hydrogens (tertiary/aromatic N) is 18. The van der Waals surface area contributed by atoms with Crippen LogP contribution in [0.25, 0.3) is 83.9 Å². The van der Waals surface area contributed by atoms with Gasteiger partial charge in [0.1, 0.15) is 23.3 Å². The summed E-state index contributed by atoms with van der Waals surface area (Å²) < 4.78 is 59.1. The Kier molecular flexibility index (Phi) is 29.1. The number of halogens is 7. The molecule has 3 saturated heterocycles. The first kappa shape index (κ1) is 98.5. The van der Waals surface area contributed by atoms with Crippen LogP contribution < -0.4 is 42.4 Å². The number of amides is 5. The number of anilines is 5. The van der Waals surface area contributed by atoms with E-state index in [4.69, 9.17) is 49.8 Å². The second-order valence-corrected chi connectivity index (χ2v) is 37.3. The van der Waals surface area contributed by atoms with Gasteiger partial charge in [0.15, 0.2) is 16.9 Å². The minimum Gasteiger partial charge on any atom is -0.349 e. The van der Waals surface area contributed by atoms with Crippen LogP contribution in [0.2, 0.25) is 15.1 Å². The number of carbonyl (C=O) groups excluding carboxylic acids is 5. The first-order chi connectivity index (χ1) is 64.6. The van der Waals surface area contributed by atoms with Crippen LogP contribution in [0.15, 0.2) is 180 Å². The van der Waals surface area contributed by atoms with E-state index >= 15 is 4.39 Å². The highest BCUT2D eigenvalue weighted by Crippen LogP contribution is 2.45. The fourth-order valence-electron chi connectivity index (χ4n) is 17.9. The van der Waals surface area contributed by atoms with Gasteiger partial charge < -0.3 is 40.0 Å². The summed E-state index contributed by atoms with van der Waals surface area (Å²) in [6.45, 7) is 44.8. The number of rotatable bonds is 19. The van der Waals surface area contributed by atoms with Gasteiger partial charge in [0.25, 0.3) is 0 Å². The van der Waals surface area contributed by atoms with E-state index in [0.29, 0.717) is 129 Å². The van der Waals surface area contributed by atoms with E-state index in [0.717, 1.165) is 40.9 Å². The van der Waals surface area contributed by atoms with E-state index in [2.05, 4.69) is 68.8 Å². The maximum absolute atomic E-state index is 15.1. The van der Waals surface area contributed by atoms with Gasteiger partial charge in [-0.05, 0) is 187 Å². The van der Waals surface area contributed by atoms with Crippen LogP contribution in [0.5, 0.6) is 0 Å². The summed E-state index contributed by atoms with van der Waals surface area (Å²) in [5.41, 5.74) is 7.53. The molecule has 2 N–H and O–H groups in total. The third-order valence-electron chi connectivity index (χ3n) is 25.0. The normalized spacial score (nSPS) is 17.5. The Morgan fingerprint density at radius 3 is 1.09 bits per heavy atom. The quantitative estimate of drug-likeness (QED) is 0.0561. The van der Waals surface area contributed by atoms with Gasteiger partial charge in [0.05, 0.1) is 93.8 Å². The second kappa shape index (κ2) is 40.2. The van der Waals surface area contributed by atoms with Gasteiger partial charge in [-0.15, -0.1) is 0 Å². The molecule has 6 atom stereocenters. The molecule has 28 nitrogen and oxygen atoms in total. The molecule has 0 radical (unpaired) electrons. The number of benzene rings is 3. The van der Waals surface area contributed by atoms with Gasteiger partial charge in [-0.3, -0.25) is 38.9 Å². The Balaban J connectivity index is 0.000000163. The molecule has 3 aliphatic heterocycles. The number of aryl methyl sites for hydroxylation is 2. The molecule has 0 spiro atoms. The summed E-state index contributed by atoms with van der Waals surface area (Å²) in [6.07, 6.45) is 5.66. The fourth-order valence-corrected chi connectivity index (χ4v) is 18.7. The molecule has 1 saturated carbocycles. The number of piperazine rings is 3. The van der Waals surface area contributed by atoms with Crippen molar-refractivity contribution < 1.29 is 41.5 Å². The summed E-state index contributed by atoms with van der Waals surface area (Å²) in [7, 11) is 0. The van der Waals surface area contributed by atoms with Crippen molar-refractivity contribution in [2.75, 3.05) is 64.6 Å². The molecule has 16 rings (SSSR count). The fraction of sp³-hybridized carbons (Fsp3) is 0.356. The number of carbonyl (C=O) groups is 5. The lowest BCUT2D eigenvalue weighted by atomic mass is 9.97. The molecule has 3 aromatic carbocycles. The van der Waals surface area contributed by atoms with Gasteiger partial charge in [-0.25, -0.2) is 47.4 Å². The topological polar surface area (TPSA) is 311 Å². The predicted molar refractivity (Wildman–Crippen MR) is 526 cm³/mol. The van der Waals surface area contributed by atoms with Crippen molar-refractivity contribution in [2.45, 2.75) is 190 Å². The lowest BCUT2D eigenvalue weighted by Gasteiger charge is -2.44. The van der Waals surface area contributed by atoms with E-state index in [-0.39, 0.29) is 133 Å². The third-order valence-corrected chi connectivity index (χ3v) is 25.8. The summed E-state index contributed by atoms with van der Waals surface area (Å²) >= 11 is 20.7. The van der Waals surface area contributed by atoms with Gasteiger partial charge in [0.2, 0.25) is 23.6 Å². The highest BCUT2D eigenvalue weighted by atomic mass is 35.5. The first-order valence-electron chi connectivity index (χ1n) is 45.1. The van der Waals surface area contributed by atoms with Crippen molar-refractivity contribution in [3.8, 4) is 50.8 Å². The van der Waals surface area contributed by atoms with Crippen molar-refractivity contribution in [1.82, 2.24) is 73.3 Å². The Labute approximate surface area is 799 Å². The number of nitrogens with one attached hydrogen (secondary N) is 2. The van der Waals surface area contributed by atoms with E-state index < -0.39 is 35.0 Å². The molecule has 1 aliphatic carbocycles. The third kappa shape index (κ3) is 19.6. The van der Waals surface area contributed by atoms with E-state index in [1.54, 1.807) is 81.8 Å². The highest BCUT2D eigenvalue weighted by molar-refractivity contribution is 6.35. The Bertz CT molecular complexity index is 6950. The zero-order valence-electron chi connectivity index (χ0n) is 78.4. The lowest BCUT2D eigenvalue weighted by Crippen LogP contribution is -2.58. The zero-order valence-corrected chi connectivity index (χ0v) is 80.7. The van der Waals surface area contributed by atoms with E-state index in [1.807, 2.05) is 153 Å². The lowest BCUT2D eigenvalue weighted by molar-refractivity contribution is -0.167. The van der Waals surface area contributed by atoms with Crippen LogP contribution >= 0.6 is 34.8 Å². The summed E-state index contributed by atoms with van der Waals surface area (Å²) in [5, 5.41) is 7.12. The van der Waals surface area contributed by atoms with Crippen LogP contribution in [0.3, 0.4) is 0 Å². The molecular weight excluding hydrogens is 1800 g/mol. The van der Waals surface area contributed by atoms with Gasteiger partial charge >= 0.3 is 29.2 Å².